The van der Waals surface area contributed by atoms with Crippen molar-refractivity contribution in [2.45, 2.75) is 37.1 Å². The molecule has 7 heteroatoms. The van der Waals surface area contributed by atoms with Gasteiger partial charge in [-0.1, -0.05) is 6.92 Å². The Bertz CT molecular complexity index is 846. The predicted molar refractivity (Wildman–Crippen MR) is 84.6 cm³/mol. The van der Waals surface area contributed by atoms with Crippen LogP contribution in [0.2, 0.25) is 0 Å². The van der Waals surface area contributed by atoms with E-state index in [1.165, 1.54) is 0 Å². The zero-order valence-electron chi connectivity index (χ0n) is 13.0. The highest BCUT2D eigenvalue weighted by Crippen LogP contribution is 2.47. The Labute approximate surface area is 136 Å². The van der Waals surface area contributed by atoms with Gasteiger partial charge in [-0.25, -0.2) is 9.78 Å². The number of nitriles is 1. The molecule has 0 amide bonds. The van der Waals surface area contributed by atoms with Crippen molar-refractivity contribution in [1.29, 1.82) is 5.26 Å². The maximum Gasteiger partial charge on any atom is 0.359 e. The van der Waals surface area contributed by atoms with Crippen LogP contribution in [0.15, 0.2) is 23.4 Å². The smallest absolute Gasteiger partial charge is 0.359 e. The number of ether oxygens (including phenoxy) is 1. The summed E-state index contributed by atoms with van der Waals surface area (Å²) in [4.78, 5) is 16.4. The largest absolute Gasteiger partial charge is 0.461 e. The molecule has 0 aromatic carbocycles. The number of hydrogen-bond donors (Lipinski definition) is 0. The molecule has 2 heterocycles. The van der Waals surface area contributed by atoms with Crippen LogP contribution in [0.5, 0.6) is 0 Å². The van der Waals surface area contributed by atoms with Crippen LogP contribution in [-0.2, 0) is 21.0 Å². The molecule has 1 aliphatic carbocycles. The Morgan fingerprint density at radius 1 is 1.52 bits per heavy atom. The van der Waals surface area contributed by atoms with Gasteiger partial charge in [0.15, 0.2) is 5.69 Å². The van der Waals surface area contributed by atoms with Crippen molar-refractivity contribution in [1.82, 2.24) is 9.38 Å². The molecular formula is C16H17N3O3S. The van der Waals surface area contributed by atoms with Crippen molar-refractivity contribution in [2.75, 3.05) is 12.4 Å². The van der Waals surface area contributed by atoms with E-state index in [1.54, 1.807) is 30.5 Å². The van der Waals surface area contributed by atoms with E-state index in [0.717, 1.165) is 18.4 Å². The summed E-state index contributed by atoms with van der Waals surface area (Å²) >= 11 is 0. The minimum absolute atomic E-state index is 0.0889. The quantitative estimate of drug-likeness (QED) is 0.784. The Morgan fingerprint density at radius 2 is 2.26 bits per heavy atom. The fraction of sp³-hybridized carbons (Fsp3) is 0.438. The van der Waals surface area contributed by atoms with Crippen LogP contribution in [-0.4, -0.2) is 31.9 Å². The van der Waals surface area contributed by atoms with E-state index in [4.69, 9.17) is 4.74 Å². The molecule has 1 unspecified atom stereocenters. The molecule has 0 bridgehead atoms. The lowest BCUT2D eigenvalue weighted by Gasteiger charge is -2.07. The van der Waals surface area contributed by atoms with Gasteiger partial charge >= 0.3 is 5.97 Å². The Hall–Kier alpha value is -2.20. The first-order chi connectivity index (χ1) is 11.1. The minimum Gasteiger partial charge on any atom is -0.461 e. The topological polar surface area (TPSA) is 84.5 Å². The summed E-state index contributed by atoms with van der Waals surface area (Å²) in [7, 11) is -1.35. The van der Waals surface area contributed by atoms with Gasteiger partial charge in [0.25, 0.3) is 0 Å². The molecule has 1 saturated carbocycles. The third kappa shape index (κ3) is 2.53. The monoisotopic (exact) mass is 331 g/mol. The summed E-state index contributed by atoms with van der Waals surface area (Å²) in [5.74, 6) is -0.194. The first-order valence-electron chi connectivity index (χ1n) is 7.55. The van der Waals surface area contributed by atoms with Crippen molar-refractivity contribution >= 4 is 22.4 Å². The Balaban J connectivity index is 2.17. The molecule has 2 aromatic rings. The van der Waals surface area contributed by atoms with E-state index in [9.17, 15) is 14.3 Å². The first-order valence-corrected chi connectivity index (χ1v) is 8.87. The number of imidazole rings is 1. The van der Waals surface area contributed by atoms with Gasteiger partial charge in [-0.15, -0.1) is 0 Å². The van der Waals surface area contributed by atoms with Gasteiger partial charge in [0.1, 0.15) is 10.7 Å². The fourth-order valence-electron chi connectivity index (χ4n) is 2.60. The van der Waals surface area contributed by atoms with E-state index in [-0.39, 0.29) is 12.3 Å². The van der Waals surface area contributed by atoms with Crippen LogP contribution in [0.1, 0.15) is 42.7 Å². The van der Waals surface area contributed by atoms with Crippen LogP contribution < -0.4 is 0 Å². The van der Waals surface area contributed by atoms with Gasteiger partial charge in [0.05, 0.1) is 28.9 Å². The highest BCUT2D eigenvalue weighted by atomic mass is 32.2. The van der Waals surface area contributed by atoms with Gasteiger partial charge in [0, 0.05) is 11.9 Å². The minimum atomic E-state index is -1.35. The van der Waals surface area contributed by atoms with Gasteiger partial charge < -0.3 is 4.74 Å². The van der Waals surface area contributed by atoms with Crippen LogP contribution in [0.3, 0.4) is 0 Å². The van der Waals surface area contributed by atoms with Crippen molar-refractivity contribution in [3.63, 3.8) is 0 Å². The van der Waals surface area contributed by atoms with E-state index in [2.05, 4.69) is 11.1 Å². The zero-order chi connectivity index (χ0) is 16.6. The lowest BCUT2D eigenvalue weighted by atomic mass is 9.99. The molecule has 6 nitrogen and oxygen atoms in total. The summed E-state index contributed by atoms with van der Waals surface area (Å²) in [6, 6.07) is 5.99. The standard InChI is InChI=1S/C16H17N3O3S/c1-3-22-15(20)13-14(23(21)4-2)19-8-5-11(9-12(19)18-13)16(10-17)6-7-16/h5,8-9H,3-4,6-7H2,1-2H3. The molecule has 120 valence electrons. The summed E-state index contributed by atoms with van der Waals surface area (Å²) in [5, 5.41) is 9.68. The SMILES string of the molecule is CCOC(=O)c1nc2cc(C3(C#N)CC3)ccn2c1S(=O)CC. The maximum absolute atomic E-state index is 12.4. The first kappa shape index (κ1) is 15.7. The van der Waals surface area contributed by atoms with Crippen LogP contribution >= 0.6 is 0 Å². The van der Waals surface area contributed by atoms with Crippen molar-refractivity contribution in [2.24, 2.45) is 0 Å². The molecule has 23 heavy (non-hydrogen) atoms. The van der Waals surface area contributed by atoms with Gasteiger partial charge in [-0.3, -0.25) is 8.61 Å². The molecule has 1 aliphatic rings. The average molecular weight is 331 g/mol. The number of esters is 1. The number of hydrogen-bond acceptors (Lipinski definition) is 5. The van der Waals surface area contributed by atoms with E-state index in [1.807, 2.05) is 6.07 Å². The second-order valence-electron chi connectivity index (χ2n) is 5.46. The Kier molecular flexibility index (Phi) is 3.94. The van der Waals surface area contributed by atoms with E-state index in [0.29, 0.717) is 16.4 Å². The summed E-state index contributed by atoms with van der Waals surface area (Å²) in [6.07, 6.45) is 3.40. The number of rotatable bonds is 5. The third-order valence-electron chi connectivity index (χ3n) is 4.05. The number of pyridine rings is 1. The van der Waals surface area contributed by atoms with Gasteiger partial charge in [0.2, 0.25) is 0 Å². The lowest BCUT2D eigenvalue weighted by molar-refractivity contribution is 0.0515. The van der Waals surface area contributed by atoms with Crippen molar-refractivity contribution < 1.29 is 13.7 Å². The molecule has 0 radical (unpaired) electrons. The molecule has 0 saturated heterocycles. The second-order valence-corrected chi connectivity index (χ2v) is 7.11. The molecule has 0 N–H and O–H groups in total. The highest BCUT2D eigenvalue weighted by Gasteiger charge is 2.45. The maximum atomic E-state index is 12.4. The van der Waals surface area contributed by atoms with E-state index >= 15 is 0 Å². The number of fused-ring (bicyclic) bond motifs is 1. The molecule has 2 aromatic heterocycles. The van der Waals surface area contributed by atoms with E-state index < -0.39 is 22.2 Å². The number of carbonyl (C=O) groups excluding carboxylic acids is 1. The fourth-order valence-corrected chi connectivity index (χ4v) is 3.59. The normalized spacial score (nSPS) is 16.7. The van der Waals surface area contributed by atoms with Crippen molar-refractivity contribution in [3.8, 4) is 6.07 Å². The van der Waals surface area contributed by atoms with Crippen LogP contribution in [0.25, 0.3) is 5.65 Å². The molecule has 0 aliphatic heterocycles. The summed E-state index contributed by atoms with van der Waals surface area (Å²) < 4.78 is 19.0. The average Bonchev–Trinajstić information content (AvgIpc) is 3.27. The molecule has 0 spiro atoms. The van der Waals surface area contributed by atoms with Crippen molar-refractivity contribution in [3.05, 3.63) is 29.6 Å². The molecule has 1 fully saturated rings. The summed E-state index contributed by atoms with van der Waals surface area (Å²) in [6.45, 7) is 3.73. The number of aromatic nitrogens is 2. The predicted octanol–water partition coefficient (Wildman–Crippen LogP) is 2.19. The van der Waals surface area contributed by atoms with Gasteiger partial charge in [-0.2, -0.15) is 5.26 Å². The third-order valence-corrected chi connectivity index (χ3v) is 5.39. The van der Waals surface area contributed by atoms with Crippen LogP contribution in [0, 0.1) is 11.3 Å². The van der Waals surface area contributed by atoms with Crippen LogP contribution in [0.4, 0.5) is 0 Å². The van der Waals surface area contributed by atoms with Gasteiger partial charge in [-0.05, 0) is 37.5 Å². The lowest BCUT2D eigenvalue weighted by Crippen LogP contribution is -2.11. The number of carbonyl (C=O) groups is 1. The number of nitrogens with zero attached hydrogens (tertiary/aromatic N) is 3. The molecule has 3 rings (SSSR count). The summed E-state index contributed by atoms with van der Waals surface area (Å²) in [5.41, 5.74) is 1.07. The Morgan fingerprint density at radius 3 is 2.83 bits per heavy atom. The zero-order valence-corrected chi connectivity index (χ0v) is 13.9. The second kappa shape index (κ2) is 5.78. The highest BCUT2D eigenvalue weighted by molar-refractivity contribution is 7.85. The molecule has 1 atom stereocenters. The molecular weight excluding hydrogens is 314 g/mol.